The molecule has 2 aromatic rings. The normalized spacial score (nSPS) is 25.9. The summed E-state index contributed by atoms with van der Waals surface area (Å²) in [6.07, 6.45) is 4.84. The predicted octanol–water partition coefficient (Wildman–Crippen LogP) is 2.12. The van der Waals surface area contributed by atoms with Gasteiger partial charge in [0.05, 0.1) is 17.9 Å². The molecule has 2 amide bonds. The highest BCUT2D eigenvalue weighted by molar-refractivity contribution is 5.77. The van der Waals surface area contributed by atoms with Crippen molar-refractivity contribution in [1.29, 1.82) is 0 Å². The highest BCUT2D eigenvalue weighted by Gasteiger charge is 2.59. The molecule has 0 unspecified atom stereocenters. The Bertz CT molecular complexity index is 1180. The highest BCUT2D eigenvalue weighted by atomic mass is 19.4. The third-order valence-corrected chi connectivity index (χ3v) is 8.85. The Kier molecular flexibility index (Phi) is 4.50. The molecular weight excluding hydrogens is 477 g/mol. The number of hydrogen-bond acceptors (Lipinski definition) is 6. The number of likely N-dealkylation sites (tertiary alicyclic amines) is 2. The summed E-state index contributed by atoms with van der Waals surface area (Å²) in [5.41, 5.74) is 0.152. The molecular formula is C23H29F3N8O2. The van der Waals surface area contributed by atoms with Crippen LogP contribution in [-0.4, -0.2) is 83.1 Å². The zero-order valence-corrected chi connectivity index (χ0v) is 19.9. The third kappa shape index (κ3) is 3.77. The van der Waals surface area contributed by atoms with Crippen LogP contribution in [0.4, 0.5) is 18.0 Å². The standard InChI is InChI=1S/C23H29F3N8O2/c24-23(25,26)13-34-28-8-16(29-34)3-15-4-20(5-15)9-31(10-20)19(35)32-11-21(12-32)6-17(7-21)33-14-27-18(30-33)22(36)1-2-22/h8,14-15,17,36H,1-7,9-13H2. The lowest BCUT2D eigenvalue weighted by Gasteiger charge is -2.63. The minimum atomic E-state index is -4.32. The summed E-state index contributed by atoms with van der Waals surface area (Å²) in [6.45, 7) is 1.93. The summed E-state index contributed by atoms with van der Waals surface area (Å²) in [4.78, 5) is 21.8. The van der Waals surface area contributed by atoms with Crippen LogP contribution >= 0.6 is 0 Å². The van der Waals surface area contributed by atoms with Crippen LogP contribution in [0.15, 0.2) is 12.5 Å². The molecule has 2 saturated heterocycles. The van der Waals surface area contributed by atoms with E-state index < -0.39 is 18.3 Å². The average molecular weight is 507 g/mol. The number of rotatable bonds is 5. The van der Waals surface area contributed by atoms with Gasteiger partial charge in [-0.1, -0.05) is 0 Å². The van der Waals surface area contributed by atoms with Crippen molar-refractivity contribution in [1.82, 2.24) is 39.6 Å². The first kappa shape index (κ1) is 22.5. The van der Waals surface area contributed by atoms with E-state index in [1.165, 1.54) is 6.20 Å². The van der Waals surface area contributed by atoms with Gasteiger partial charge in [0.2, 0.25) is 0 Å². The first-order valence-corrected chi connectivity index (χ1v) is 12.6. The van der Waals surface area contributed by atoms with Gasteiger partial charge in [0, 0.05) is 37.0 Å². The zero-order valence-electron chi connectivity index (χ0n) is 19.9. The molecule has 3 saturated carbocycles. The minimum Gasteiger partial charge on any atom is -0.382 e. The Morgan fingerprint density at radius 2 is 1.67 bits per heavy atom. The van der Waals surface area contributed by atoms with Gasteiger partial charge in [0.25, 0.3) is 0 Å². The van der Waals surface area contributed by atoms with E-state index in [9.17, 15) is 23.1 Å². The van der Waals surface area contributed by atoms with E-state index in [4.69, 9.17) is 0 Å². The molecule has 1 N–H and O–H groups in total. The van der Waals surface area contributed by atoms with E-state index in [1.807, 2.05) is 14.5 Å². The van der Waals surface area contributed by atoms with Gasteiger partial charge >= 0.3 is 12.2 Å². The molecule has 0 radical (unpaired) electrons. The summed E-state index contributed by atoms with van der Waals surface area (Å²) in [7, 11) is 0. The molecule has 2 aliphatic heterocycles. The van der Waals surface area contributed by atoms with E-state index in [2.05, 4.69) is 20.3 Å². The quantitative estimate of drug-likeness (QED) is 0.666. The van der Waals surface area contributed by atoms with Gasteiger partial charge in [-0.05, 0) is 50.9 Å². The molecule has 194 valence electrons. The molecule has 0 bridgehead atoms. The molecule has 10 nitrogen and oxygen atoms in total. The molecule has 2 spiro atoms. The maximum Gasteiger partial charge on any atom is 0.409 e. The van der Waals surface area contributed by atoms with Crippen LogP contribution < -0.4 is 0 Å². The van der Waals surface area contributed by atoms with Gasteiger partial charge < -0.3 is 14.9 Å². The highest BCUT2D eigenvalue weighted by Crippen LogP contribution is 2.56. The van der Waals surface area contributed by atoms with Crippen LogP contribution in [-0.2, 0) is 18.6 Å². The predicted molar refractivity (Wildman–Crippen MR) is 117 cm³/mol. The molecule has 2 aromatic heterocycles. The van der Waals surface area contributed by atoms with E-state index in [-0.39, 0.29) is 16.9 Å². The van der Waals surface area contributed by atoms with Gasteiger partial charge in [0.15, 0.2) is 12.4 Å². The number of amides is 2. The summed E-state index contributed by atoms with van der Waals surface area (Å²) in [6, 6.07) is 0.410. The molecule has 5 aliphatic rings. The van der Waals surface area contributed by atoms with E-state index in [1.54, 1.807) is 6.33 Å². The van der Waals surface area contributed by atoms with Gasteiger partial charge in [-0.3, -0.25) is 0 Å². The molecule has 7 rings (SSSR count). The van der Waals surface area contributed by atoms with Crippen LogP contribution in [0.2, 0.25) is 0 Å². The fourth-order valence-corrected chi connectivity index (χ4v) is 6.92. The summed E-state index contributed by atoms with van der Waals surface area (Å²) >= 11 is 0. The number of urea groups is 1. The van der Waals surface area contributed by atoms with Crippen molar-refractivity contribution in [2.75, 3.05) is 26.2 Å². The van der Waals surface area contributed by atoms with Crippen molar-refractivity contribution in [3.63, 3.8) is 0 Å². The van der Waals surface area contributed by atoms with E-state index in [0.717, 1.165) is 64.7 Å². The SMILES string of the molecule is O=C(N1CC2(CC(Cc3cnn(CC(F)(F)F)n3)C2)C1)N1CC2(CC(n3cnc(C4(O)CC4)n3)C2)C1. The maximum absolute atomic E-state index is 12.9. The number of hydrogen-bond donors (Lipinski definition) is 1. The fourth-order valence-electron chi connectivity index (χ4n) is 6.92. The monoisotopic (exact) mass is 506 g/mol. The van der Waals surface area contributed by atoms with Crippen molar-refractivity contribution in [2.45, 2.75) is 69.3 Å². The number of carbonyl (C=O) groups is 1. The number of aromatic nitrogens is 6. The van der Waals surface area contributed by atoms with Crippen molar-refractivity contribution in [3.8, 4) is 0 Å². The van der Waals surface area contributed by atoms with Crippen LogP contribution in [0.1, 0.15) is 56.1 Å². The first-order chi connectivity index (χ1) is 17.0. The summed E-state index contributed by atoms with van der Waals surface area (Å²) < 4.78 is 39.3. The first-order valence-electron chi connectivity index (χ1n) is 12.6. The number of nitrogens with zero attached hydrogens (tertiary/aromatic N) is 8. The molecule has 5 fully saturated rings. The van der Waals surface area contributed by atoms with Crippen molar-refractivity contribution < 1.29 is 23.1 Å². The zero-order chi connectivity index (χ0) is 24.9. The fraction of sp³-hybridized carbons (Fsp3) is 0.783. The van der Waals surface area contributed by atoms with Gasteiger partial charge in [-0.2, -0.15) is 33.3 Å². The number of carbonyl (C=O) groups excluding carboxylic acids is 1. The summed E-state index contributed by atoms with van der Waals surface area (Å²) in [5.74, 6) is 0.919. The Morgan fingerprint density at radius 1 is 1.03 bits per heavy atom. The van der Waals surface area contributed by atoms with E-state index in [0.29, 0.717) is 34.7 Å². The Balaban J connectivity index is 0.833. The van der Waals surface area contributed by atoms with Crippen LogP contribution in [0.25, 0.3) is 0 Å². The lowest BCUT2D eigenvalue weighted by Crippen LogP contribution is -2.71. The smallest absolute Gasteiger partial charge is 0.382 e. The van der Waals surface area contributed by atoms with Gasteiger partial charge in [-0.15, -0.1) is 0 Å². The second-order valence-electron chi connectivity index (χ2n) is 12.1. The minimum absolute atomic E-state index is 0.118. The molecule has 3 aliphatic carbocycles. The molecule has 4 heterocycles. The van der Waals surface area contributed by atoms with Crippen molar-refractivity contribution >= 4 is 6.03 Å². The Morgan fingerprint density at radius 3 is 2.28 bits per heavy atom. The topological polar surface area (TPSA) is 105 Å². The van der Waals surface area contributed by atoms with Crippen molar-refractivity contribution in [3.05, 3.63) is 24.0 Å². The van der Waals surface area contributed by atoms with Gasteiger partial charge in [-0.25, -0.2) is 14.5 Å². The van der Waals surface area contributed by atoms with E-state index >= 15 is 0 Å². The van der Waals surface area contributed by atoms with Gasteiger partial charge in [0.1, 0.15) is 11.9 Å². The molecule has 36 heavy (non-hydrogen) atoms. The number of aliphatic hydroxyl groups is 1. The second kappa shape index (κ2) is 7.20. The number of halogens is 3. The average Bonchev–Trinajstić information content (AvgIpc) is 3.07. The Labute approximate surface area is 205 Å². The lowest BCUT2D eigenvalue weighted by atomic mass is 9.56. The van der Waals surface area contributed by atoms with Crippen LogP contribution in [0.3, 0.4) is 0 Å². The van der Waals surface area contributed by atoms with Crippen molar-refractivity contribution in [2.24, 2.45) is 16.7 Å². The number of alkyl halides is 3. The molecule has 0 aromatic carbocycles. The molecule has 13 heteroatoms. The second-order valence-corrected chi connectivity index (χ2v) is 12.1. The van der Waals surface area contributed by atoms with Crippen LogP contribution in [0.5, 0.6) is 0 Å². The largest absolute Gasteiger partial charge is 0.409 e. The van der Waals surface area contributed by atoms with Crippen LogP contribution in [0, 0.1) is 16.7 Å². The third-order valence-electron chi connectivity index (χ3n) is 8.85. The maximum atomic E-state index is 12.9. The summed E-state index contributed by atoms with van der Waals surface area (Å²) in [5, 5.41) is 22.3. The molecule has 0 atom stereocenters. The lowest BCUT2D eigenvalue weighted by molar-refractivity contribution is -0.144. The Hall–Kier alpha value is -2.70.